The Balaban J connectivity index is 1.42. The van der Waals surface area contributed by atoms with Gasteiger partial charge in [0.1, 0.15) is 23.8 Å². The van der Waals surface area contributed by atoms with Crippen LogP contribution in [0.25, 0.3) is 5.82 Å². The zero-order valence-electron chi connectivity index (χ0n) is 17.6. The van der Waals surface area contributed by atoms with Gasteiger partial charge in [0.05, 0.1) is 0 Å². The Morgan fingerprint density at radius 1 is 0.935 bits per heavy atom. The standard InChI is InChI=1S/C23H23N7O/c1-16-24-12-13-30(16)22-14-21(25-15-26-22)27-18-6-8-19(9-7-18)28-23(31)17-4-10-20(11-5-17)29(2)3/h4-15H,1-3H3,(H,28,31)(H,25,26,27). The lowest BCUT2D eigenvalue weighted by atomic mass is 10.2. The monoisotopic (exact) mass is 413 g/mol. The van der Waals surface area contributed by atoms with E-state index in [0.29, 0.717) is 17.1 Å². The molecule has 0 bridgehead atoms. The van der Waals surface area contributed by atoms with Crippen LogP contribution in [0.4, 0.5) is 22.9 Å². The number of carbonyl (C=O) groups excluding carboxylic acids is 1. The number of anilines is 4. The fourth-order valence-corrected chi connectivity index (χ4v) is 3.07. The first-order chi connectivity index (χ1) is 15.0. The van der Waals surface area contributed by atoms with Gasteiger partial charge in [-0.2, -0.15) is 0 Å². The Morgan fingerprint density at radius 2 is 1.65 bits per heavy atom. The van der Waals surface area contributed by atoms with E-state index < -0.39 is 0 Å². The van der Waals surface area contributed by atoms with E-state index in [1.807, 2.05) is 91.3 Å². The molecule has 0 saturated heterocycles. The molecule has 2 heterocycles. The lowest BCUT2D eigenvalue weighted by Crippen LogP contribution is -2.13. The highest BCUT2D eigenvalue weighted by Crippen LogP contribution is 2.20. The van der Waals surface area contributed by atoms with Crippen LogP contribution in [0.3, 0.4) is 0 Å². The van der Waals surface area contributed by atoms with Crippen molar-refractivity contribution >= 4 is 28.8 Å². The molecule has 2 N–H and O–H groups in total. The first kappa shape index (κ1) is 20.1. The highest BCUT2D eigenvalue weighted by Gasteiger charge is 2.08. The number of benzene rings is 2. The van der Waals surface area contributed by atoms with Crippen LogP contribution in [-0.4, -0.2) is 39.5 Å². The van der Waals surface area contributed by atoms with Crippen molar-refractivity contribution in [2.45, 2.75) is 6.92 Å². The van der Waals surface area contributed by atoms with Gasteiger partial charge < -0.3 is 15.5 Å². The van der Waals surface area contributed by atoms with Crippen LogP contribution in [0.5, 0.6) is 0 Å². The van der Waals surface area contributed by atoms with E-state index in [4.69, 9.17) is 0 Å². The number of carbonyl (C=O) groups is 1. The van der Waals surface area contributed by atoms with Crippen LogP contribution >= 0.6 is 0 Å². The average Bonchev–Trinajstić information content (AvgIpc) is 3.21. The van der Waals surface area contributed by atoms with Gasteiger partial charge in [0.15, 0.2) is 0 Å². The molecule has 1 amide bonds. The van der Waals surface area contributed by atoms with Crippen LogP contribution in [0.15, 0.2) is 73.3 Å². The van der Waals surface area contributed by atoms with Gasteiger partial charge in [-0.15, -0.1) is 0 Å². The summed E-state index contributed by atoms with van der Waals surface area (Å²) in [6.07, 6.45) is 5.09. The van der Waals surface area contributed by atoms with E-state index in [0.717, 1.165) is 23.0 Å². The molecule has 0 fully saturated rings. The van der Waals surface area contributed by atoms with E-state index in [1.165, 1.54) is 6.33 Å². The molecule has 4 rings (SSSR count). The Hall–Kier alpha value is -4.20. The largest absolute Gasteiger partial charge is 0.378 e. The van der Waals surface area contributed by atoms with Crippen molar-refractivity contribution in [3.8, 4) is 5.82 Å². The number of nitrogens with one attached hydrogen (secondary N) is 2. The van der Waals surface area contributed by atoms with E-state index in [-0.39, 0.29) is 5.91 Å². The summed E-state index contributed by atoms with van der Waals surface area (Å²) in [6, 6.07) is 16.8. The Kier molecular flexibility index (Phi) is 5.61. The van der Waals surface area contributed by atoms with Gasteiger partial charge in [0.25, 0.3) is 5.91 Å². The second-order valence-electron chi connectivity index (χ2n) is 7.20. The minimum atomic E-state index is -0.151. The zero-order valence-corrected chi connectivity index (χ0v) is 17.6. The minimum absolute atomic E-state index is 0.151. The molecular weight excluding hydrogens is 390 g/mol. The number of aromatic nitrogens is 4. The lowest BCUT2D eigenvalue weighted by Gasteiger charge is -2.13. The van der Waals surface area contributed by atoms with Gasteiger partial charge in [0, 0.05) is 55.2 Å². The molecule has 0 aliphatic carbocycles. The Morgan fingerprint density at radius 3 is 2.29 bits per heavy atom. The molecule has 0 atom stereocenters. The minimum Gasteiger partial charge on any atom is -0.378 e. The van der Waals surface area contributed by atoms with Crippen LogP contribution in [-0.2, 0) is 0 Å². The van der Waals surface area contributed by atoms with Crippen molar-refractivity contribution in [2.75, 3.05) is 29.6 Å². The van der Waals surface area contributed by atoms with Crippen molar-refractivity contribution in [1.29, 1.82) is 0 Å². The van der Waals surface area contributed by atoms with Gasteiger partial charge in [-0.05, 0) is 55.5 Å². The number of aryl methyl sites for hydroxylation is 1. The summed E-state index contributed by atoms with van der Waals surface area (Å²) in [5.41, 5.74) is 3.21. The van der Waals surface area contributed by atoms with Crippen molar-refractivity contribution in [3.05, 3.63) is 84.7 Å². The summed E-state index contributed by atoms with van der Waals surface area (Å²) in [6.45, 7) is 1.92. The first-order valence-electron chi connectivity index (χ1n) is 9.78. The van der Waals surface area contributed by atoms with Gasteiger partial charge in [0.2, 0.25) is 0 Å². The molecule has 156 valence electrons. The zero-order chi connectivity index (χ0) is 21.8. The van der Waals surface area contributed by atoms with Gasteiger partial charge in [-0.3, -0.25) is 9.36 Å². The first-order valence-corrected chi connectivity index (χ1v) is 9.78. The SMILES string of the molecule is Cc1nccn1-c1cc(Nc2ccc(NC(=O)c3ccc(N(C)C)cc3)cc2)ncn1. The van der Waals surface area contributed by atoms with Crippen molar-refractivity contribution in [1.82, 2.24) is 19.5 Å². The third-order valence-corrected chi connectivity index (χ3v) is 4.79. The van der Waals surface area contributed by atoms with E-state index in [2.05, 4.69) is 25.6 Å². The molecule has 0 spiro atoms. The van der Waals surface area contributed by atoms with Crippen LogP contribution in [0.1, 0.15) is 16.2 Å². The van der Waals surface area contributed by atoms with Crippen LogP contribution in [0, 0.1) is 6.92 Å². The Labute approximate surface area is 180 Å². The highest BCUT2D eigenvalue weighted by atomic mass is 16.1. The predicted octanol–water partition coefficient (Wildman–Crippen LogP) is 4.03. The molecule has 2 aromatic heterocycles. The summed E-state index contributed by atoms with van der Waals surface area (Å²) in [7, 11) is 3.93. The van der Waals surface area contributed by atoms with Crippen molar-refractivity contribution in [3.63, 3.8) is 0 Å². The molecule has 0 unspecified atom stereocenters. The molecule has 0 saturated carbocycles. The summed E-state index contributed by atoms with van der Waals surface area (Å²) < 4.78 is 1.89. The second-order valence-corrected chi connectivity index (χ2v) is 7.20. The quantitative estimate of drug-likeness (QED) is 0.496. The normalized spacial score (nSPS) is 10.5. The molecular formula is C23H23N7O. The summed E-state index contributed by atoms with van der Waals surface area (Å²) in [5, 5.41) is 6.17. The number of hydrogen-bond acceptors (Lipinski definition) is 6. The molecule has 8 heteroatoms. The Bertz CT molecular complexity index is 1180. The van der Waals surface area contributed by atoms with E-state index >= 15 is 0 Å². The van der Waals surface area contributed by atoms with Gasteiger partial charge in [-0.25, -0.2) is 15.0 Å². The molecule has 0 aliphatic heterocycles. The lowest BCUT2D eigenvalue weighted by molar-refractivity contribution is 0.102. The number of imidazole rings is 1. The van der Waals surface area contributed by atoms with Crippen molar-refractivity contribution in [2.24, 2.45) is 0 Å². The van der Waals surface area contributed by atoms with E-state index in [9.17, 15) is 4.79 Å². The number of amides is 1. The average molecular weight is 413 g/mol. The maximum atomic E-state index is 12.5. The maximum Gasteiger partial charge on any atom is 0.255 e. The summed E-state index contributed by atoms with van der Waals surface area (Å²) in [5.74, 6) is 2.09. The van der Waals surface area contributed by atoms with Gasteiger partial charge >= 0.3 is 0 Å². The smallest absolute Gasteiger partial charge is 0.255 e. The molecule has 0 aliphatic rings. The number of rotatable bonds is 6. The van der Waals surface area contributed by atoms with Gasteiger partial charge in [-0.1, -0.05) is 0 Å². The fourth-order valence-electron chi connectivity index (χ4n) is 3.07. The molecule has 4 aromatic rings. The third kappa shape index (κ3) is 4.69. The number of hydrogen-bond donors (Lipinski definition) is 2. The van der Waals surface area contributed by atoms with E-state index in [1.54, 1.807) is 6.20 Å². The fraction of sp³-hybridized carbons (Fsp3) is 0.130. The third-order valence-electron chi connectivity index (χ3n) is 4.79. The molecule has 8 nitrogen and oxygen atoms in total. The number of nitrogens with zero attached hydrogens (tertiary/aromatic N) is 5. The second kappa shape index (κ2) is 8.66. The molecule has 0 radical (unpaired) electrons. The summed E-state index contributed by atoms with van der Waals surface area (Å²) >= 11 is 0. The summed E-state index contributed by atoms with van der Waals surface area (Å²) in [4.78, 5) is 27.3. The van der Waals surface area contributed by atoms with Crippen molar-refractivity contribution < 1.29 is 4.79 Å². The topological polar surface area (TPSA) is 88.0 Å². The maximum absolute atomic E-state index is 12.5. The van der Waals surface area contributed by atoms with Crippen LogP contribution < -0.4 is 15.5 Å². The van der Waals surface area contributed by atoms with Crippen LogP contribution in [0.2, 0.25) is 0 Å². The molecule has 2 aromatic carbocycles. The molecule has 31 heavy (non-hydrogen) atoms. The predicted molar refractivity (Wildman–Crippen MR) is 122 cm³/mol. The highest BCUT2D eigenvalue weighted by molar-refractivity contribution is 6.04.